The van der Waals surface area contributed by atoms with Crippen LogP contribution in [0, 0.1) is 0 Å². The van der Waals surface area contributed by atoms with Crippen molar-refractivity contribution < 1.29 is 4.39 Å². The topological polar surface area (TPSA) is 36.4 Å². The average molecular weight is 252 g/mol. The van der Waals surface area contributed by atoms with Gasteiger partial charge in [0.15, 0.2) is 17.3 Å². The van der Waals surface area contributed by atoms with Gasteiger partial charge in [-0.15, -0.1) is 0 Å². The monoisotopic (exact) mass is 251 g/mol. The molecule has 0 aromatic rings. The molecule has 6 heteroatoms. The lowest BCUT2D eigenvalue weighted by Gasteiger charge is -2.16. The maximum atomic E-state index is 12.9. The van der Waals surface area contributed by atoms with Crippen molar-refractivity contribution in [2.24, 2.45) is 4.99 Å². The van der Waals surface area contributed by atoms with Gasteiger partial charge in [0.1, 0.15) is 4.61 Å². The van der Waals surface area contributed by atoms with Gasteiger partial charge in [0.25, 0.3) is 0 Å². The number of nitrogens with one attached hydrogen (secondary N) is 2. The number of hydrogen-bond donors (Lipinski definition) is 2. The van der Waals surface area contributed by atoms with Gasteiger partial charge in [-0.3, -0.25) is 0 Å². The molecule has 0 saturated carbocycles. The standard InChI is InChI=1S/C6H4BrClFN3/c7-4-2(9)1-3-5(11-4)12-6(8)10-3/h1,5,11H,(H,10,12). The molecule has 12 heavy (non-hydrogen) atoms. The second-order valence-electron chi connectivity index (χ2n) is 2.35. The Labute approximate surface area is 81.5 Å². The SMILES string of the molecule is FC1=C(Br)NC2N=C(Cl)NC2=C1. The van der Waals surface area contributed by atoms with Gasteiger partial charge in [-0.05, 0) is 27.5 Å². The van der Waals surface area contributed by atoms with Gasteiger partial charge >= 0.3 is 0 Å². The number of allylic oxidation sites excluding steroid dienone is 2. The minimum atomic E-state index is -0.365. The fraction of sp³-hybridized carbons (Fsp3) is 0.167. The Bertz CT molecular complexity index is 323. The highest BCUT2D eigenvalue weighted by molar-refractivity contribution is 9.11. The zero-order valence-corrected chi connectivity index (χ0v) is 8.08. The predicted molar refractivity (Wildman–Crippen MR) is 48.5 cm³/mol. The highest BCUT2D eigenvalue weighted by atomic mass is 79.9. The quantitative estimate of drug-likeness (QED) is 0.642. The third kappa shape index (κ3) is 1.23. The van der Waals surface area contributed by atoms with Crippen LogP contribution in [0.4, 0.5) is 4.39 Å². The van der Waals surface area contributed by atoms with Crippen molar-refractivity contribution in [2.75, 3.05) is 0 Å². The molecule has 0 spiro atoms. The summed E-state index contributed by atoms with van der Waals surface area (Å²) in [5.41, 5.74) is 0.626. The predicted octanol–water partition coefficient (Wildman–Crippen LogP) is 1.53. The number of aliphatic imine (C=N–C) groups is 1. The molecule has 0 amide bonds. The van der Waals surface area contributed by atoms with E-state index >= 15 is 0 Å². The summed E-state index contributed by atoms with van der Waals surface area (Å²) in [6, 6.07) is 0. The first-order valence-corrected chi connectivity index (χ1v) is 4.37. The minimum Gasteiger partial charge on any atom is -0.351 e. The van der Waals surface area contributed by atoms with Crippen LogP contribution in [0.1, 0.15) is 0 Å². The molecule has 1 unspecified atom stereocenters. The molecule has 2 aliphatic rings. The number of amidine groups is 1. The zero-order chi connectivity index (χ0) is 8.72. The summed E-state index contributed by atoms with van der Waals surface area (Å²) in [6.07, 6.45) is 1.07. The van der Waals surface area contributed by atoms with Gasteiger partial charge in [0.05, 0.1) is 5.70 Å². The highest BCUT2D eigenvalue weighted by Crippen LogP contribution is 2.24. The maximum absolute atomic E-state index is 12.9. The molecule has 2 heterocycles. The molecular formula is C6H4BrClFN3. The normalized spacial score (nSPS) is 27.1. The summed E-state index contributed by atoms with van der Waals surface area (Å²) in [7, 11) is 0. The Kier molecular flexibility index (Phi) is 1.84. The van der Waals surface area contributed by atoms with E-state index in [0.29, 0.717) is 10.3 Å². The lowest BCUT2D eigenvalue weighted by Crippen LogP contribution is -2.30. The van der Waals surface area contributed by atoms with E-state index in [1.807, 2.05) is 0 Å². The van der Waals surface area contributed by atoms with Crippen molar-refractivity contribution >= 4 is 32.8 Å². The molecule has 0 fully saturated rings. The Balaban J connectivity index is 2.32. The Hall–Kier alpha value is -0.550. The summed E-state index contributed by atoms with van der Waals surface area (Å²) >= 11 is 8.60. The molecule has 0 bridgehead atoms. The van der Waals surface area contributed by atoms with Crippen LogP contribution >= 0.6 is 27.5 Å². The van der Waals surface area contributed by atoms with E-state index in [-0.39, 0.29) is 17.3 Å². The molecule has 1 atom stereocenters. The Morgan fingerprint density at radius 1 is 1.67 bits per heavy atom. The third-order valence-corrected chi connectivity index (χ3v) is 2.34. The van der Waals surface area contributed by atoms with Gasteiger partial charge in [-0.25, -0.2) is 9.38 Å². The van der Waals surface area contributed by atoms with E-state index in [1.165, 1.54) is 6.08 Å². The van der Waals surface area contributed by atoms with Crippen LogP contribution in [0.25, 0.3) is 0 Å². The van der Waals surface area contributed by atoms with Crippen LogP contribution in [-0.2, 0) is 0 Å². The smallest absolute Gasteiger partial charge is 0.198 e. The molecule has 0 aromatic carbocycles. The Morgan fingerprint density at radius 3 is 3.17 bits per heavy atom. The van der Waals surface area contributed by atoms with Crippen LogP contribution < -0.4 is 10.6 Å². The van der Waals surface area contributed by atoms with Crippen LogP contribution in [-0.4, -0.2) is 11.5 Å². The van der Waals surface area contributed by atoms with E-state index in [9.17, 15) is 4.39 Å². The van der Waals surface area contributed by atoms with Crippen molar-refractivity contribution in [1.29, 1.82) is 0 Å². The number of rotatable bonds is 0. The fourth-order valence-corrected chi connectivity index (χ4v) is 1.55. The number of hydrogen-bond acceptors (Lipinski definition) is 3. The molecule has 0 aliphatic carbocycles. The number of halogens is 3. The molecule has 2 rings (SSSR count). The summed E-state index contributed by atoms with van der Waals surface area (Å²) in [5, 5.41) is 5.77. The number of dihydropyridines is 1. The Morgan fingerprint density at radius 2 is 2.42 bits per heavy atom. The highest BCUT2D eigenvalue weighted by Gasteiger charge is 2.26. The lowest BCUT2D eigenvalue weighted by atomic mass is 10.3. The summed E-state index contributed by atoms with van der Waals surface area (Å²) in [6.45, 7) is 0. The van der Waals surface area contributed by atoms with Crippen molar-refractivity contribution in [2.45, 2.75) is 6.17 Å². The lowest BCUT2D eigenvalue weighted by molar-refractivity contribution is 0.598. The largest absolute Gasteiger partial charge is 0.351 e. The van der Waals surface area contributed by atoms with Crippen molar-refractivity contribution in [3.8, 4) is 0 Å². The van der Waals surface area contributed by atoms with Crippen molar-refractivity contribution in [3.63, 3.8) is 0 Å². The van der Waals surface area contributed by atoms with Crippen molar-refractivity contribution in [1.82, 2.24) is 10.6 Å². The van der Waals surface area contributed by atoms with Crippen LogP contribution in [0.3, 0.4) is 0 Å². The molecule has 2 N–H and O–H groups in total. The fourth-order valence-electron chi connectivity index (χ4n) is 1.02. The molecule has 0 radical (unpaired) electrons. The minimum absolute atomic E-state index is 0.272. The molecule has 0 aromatic heterocycles. The van der Waals surface area contributed by atoms with E-state index in [4.69, 9.17) is 11.6 Å². The van der Waals surface area contributed by atoms with E-state index in [0.717, 1.165) is 0 Å². The van der Waals surface area contributed by atoms with Gasteiger partial charge < -0.3 is 10.6 Å². The van der Waals surface area contributed by atoms with Gasteiger partial charge in [-0.2, -0.15) is 0 Å². The van der Waals surface area contributed by atoms with Gasteiger partial charge in [0, 0.05) is 6.08 Å². The van der Waals surface area contributed by atoms with E-state index in [1.54, 1.807) is 0 Å². The first-order chi connectivity index (χ1) is 5.66. The zero-order valence-electron chi connectivity index (χ0n) is 5.74. The molecule has 0 saturated heterocycles. The molecule has 2 aliphatic heterocycles. The van der Waals surface area contributed by atoms with E-state index in [2.05, 4.69) is 31.6 Å². The second kappa shape index (κ2) is 2.74. The van der Waals surface area contributed by atoms with Crippen LogP contribution in [0.2, 0.25) is 0 Å². The first-order valence-electron chi connectivity index (χ1n) is 3.20. The first kappa shape index (κ1) is 8.07. The van der Waals surface area contributed by atoms with Crippen LogP contribution in [0.15, 0.2) is 27.2 Å². The number of nitrogens with zero attached hydrogens (tertiary/aromatic N) is 1. The van der Waals surface area contributed by atoms with E-state index < -0.39 is 0 Å². The van der Waals surface area contributed by atoms with Crippen molar-refractivity contribution in [3.05, 3.63) is 22.2 Å². The van der Waals surface area contributed by atoms with Gasteiger partial charge in [0.2, 0.25) is 0 Å². The summed E-state index contributed by atoms with van der Waals surface area (Å²) in [4.78, 5) is 3.96. The summed E-state index contributed by atoms with van der Waals surface area (Å²) < 4.78 is 13.2. The maximum Gasteiger partial charge on any atom is 0.198 e. The molecule has 64 valence electrons. The third-order valence-electron chi connectivity index (χ3n) is 1.54. The number of fused-ring (bicyclic) bond motifs is 1. The van der Waals surface area contributed by atoms with Gasteiger partial charge in [-0.1, -0.05) is 0 Å². The average Bonchev–Trinajstić information content (AvgIpc) is 2.30. The molecule has 3 nitrogen and oxygen atoms in total. The van der Waals surface area contributed by atoms with Crippen LogP contribution in [0.5, 0.6) is 0 Å². The summed E-state index contributed by atoms with van der Waals surface area (Å²) in [5.74, 6) is -0.365. The molecular weight excluding hydrogens is 248 g/mol. The second-order valence-corrected chi connectivity index (χ2v) is 3.50.